The van der Waals surface area contributed by atoms with Gasteiger partial charge in [0.1, 0.15) is 0 Å². The number of piperidine rings is 1. The predicted octanol–water partition coefficient (Wildman–Crippen LogP) is 2.88. The predicted molar refractivity (Wildman–Crippen MR) is 109 cm³/mol. The maximum Gasteiger partial charge on any atom is 0.274 e. The number of aryl methyl sites for hydroxylation is 2. The van der Waals surface area contributed by atoms with E-state index < -0.39 is 0 Å². The molecule has 1 fully saturated rings. The highest BCUT2D eigenvalue weighted by molar-refractivity contribution is 5.94. The zero-order chi connectivity index (χ0) is 19.5. The first-order valence-electron chi connectivity index (χ1n) is 10.7. The van der Waals surface area contributed by atoms with Crippen molar-refractivity contribution in [1.29, 1.82) is 0 Å². The lowest BCUT2D eigenvalue weighted by molar-refractivity contribution is 0.0716. The zero-order valence-electron chi connectivity index (χ0n) is 17.1. The van der Waals surface area contributed by atoms with Crippen LogP contribution >= 0.6 is 0 Å². The van der Waals surface area contributed by atoms with Gasteiger partial charge in [0.25, 0.3) is 5.91 Å². The van der Waals surface area contributed by atoms with Crippen LogP contribution in [0, 0.1) is 6.92 Å². The molecule has 1 amide bonds. The SMILES string of the molecule is CCn1nc(C(=O)N2CCCCC2)c2c1CCC(NCc1cccc(C)n1)C2. The van der Waals surface area contributed by atoms with E-state index in [1.54, 1.807) is 0 Å². The Balaban J connectivity index is 1.50. The molecule has 1 atom stereocenters. The second kappa shape index (κ2) is 8.43. The highest BCUT2D eigenvalue weighted by Crippen LogP contribution is 2.27. The van der Waals surface area contributed by atoms with Crippen LogP contribution in [-0.4, -0.2) is 44.7 Å². The van der Waals surface area contributed by atoms with Crippen LogP contribution in [-0.2, 0) is 25.9 Å². The highest BCUT2D eigenvalue weighted by atomic mass is 16.2. The Bertz CT molecular complexity index is 837. The third-order valence-corrected chi connectivity index (χ3v) is 6.01. The Morgan fingerprint density at radius 3 is 2.82 bits per heavy atom. The van der Waals surface area contributed by atoms with E-state index in [1.165, 1.54) is 17.7 Å². The van der Waals surface area contributed by atoms with Gasteiger partial charge in [0.15, 0.2) is 5.69 Å². The van der Waals surface area contributed by atoms with E-state index >= 15 is 0 Å². The first-order chi connectivity index (χ1) is 13.7. The van der Waals surface area contributed by atoms with Gasteiger partial charge in [-0.25, -0.2) is 0 Å². The van der Waals surface area contributed by atoms with E-state index in [9.17, 15) is 4.79 Å². The fraction of sp³-hybridized carbons (Fsp3) is 0.591. The van der Waals surface area contributed by atoms with Gasteiger partial charge < -0.3 is 10.2 Å². The first kappa shape index (κ1) is 19.1. The van der Waals surface area contributed by atoms with Crippen molar-refractivity contribution in [2.75, 3.05) is 13.1 Å². The molecule has 0 saturated carbocycles. The van der Waals surface area contributed by atoms with E-state index in [0.29, 0.717) is 11.7 Å². The van der Waals surface area contributed by atoms with Crippen molar-refractivity contribution in [2.45, 2.75) is 71.5 Å². The smallest absolute Gasteiger partial charge is 0.274 e. The summed E-state index contributed by atoms with van der Waals surface area (Å²) in [6.07, 6.45) is 6.36. The van der Waals surface area contributed by atoms with Crippen molar-refractivity contribution in [3.63, 3.8) is 0 Å². The summed E-state index contributed by atoms with van der Waals surface area (Å²) in [7, 11) is 0. The summed E-state index contributed by atoms with van der Waals surface area (Å²) in [5.41, 5.74) is 5.23. The van der Waals surface area contributed by atoms with Gasteiger partial charge in [-0.05, 0) is 64.5 Å². The molecular formula is C22H31N5O. The standard InChI is InChI=1S/C22H31N5O/c1-3-27-20-11-10-17(23-15-18-9-7-8-16(2)24-18)14-19(20)21(25-27)22(28)26-12-5-4-6-13-26/h7-9,17,23H,3-6,10-15H2,1-2H3. The number of carbonyl (C=O) groups excluding carboxylic acids is 1. The first-order valence-corrected chi connectivity index (χ1v) is 10.7. The number of hydrogen-bond donors (Lipinski definition) is 1. The van der Waals surface area contributed by atoms with Gasteiger partial charge in [-0.1, -0.05) is 6.07 Å². The van der Waals surface area contributed by atoms with E-state index in [4.69, 9.17) is 5.10 Å². The fourth-order valence-electron chi connectivity index (χ4n) is 4.49. The number of nitrogens with zero attached hydrogens (tertiary/aromatic N) is 4. The summed E-state index contributed by atoms with van der Waals surface area (Å²) in [6, 6.07) is 6.50. The number of pyridine rings is 1. The number of likely N-dealkylation sites (tertiary alicyclic amines) is 1. The number of aromatic nitrogens is 3. The molecular weight excluding hydrogens is 350 g/mol. The normalized spacial score (nSPS) is 19.5. The van der Waals surface area contributed by atoms with Gasteiger partial charge in [0, 0.05) is 49.2 Å². The van der Waals surface area contributed by atoms with Crippen molar-refractivity contribution in [3.8, 4) is 0 Å². The number of carbonyl (C=O) groups is 1. The highest BCUT2D eigenvalue weighted by Gasteiger charge is 2.31. The fourth-order valence-corrected chi connectivity index (χ4v) is 4.49. The molecule has 0 bridgehead atoms. The monoisotopic (exact) mass is 381 g/mol. The molecule has 6 nitrogen and oxygen atoms in total. The molecule has 3 heterocycles. The van der Waals surface area contributed by atoms with Crippen LogP contribution in [0.25, 0.3) is 0 Å². The van der Waals surface area contributed by atoms with E-state index in [0.717, 1.165) is 69.7 Å². The number of fused-ring (bicyclic) bond motifs is 1. The molecule has 6 heteroatoms. The molecule has 1 N–H and O–H groups in total. The summed E-state index contributed by atoms with van der Waals surface area (Å²) < 4.78 is 2.05. The topological polar surface area (TPSA) is 63.1 Å². The lowest BCUT2D eigenvalue weighted by atomic mass is 9.90. The molecule has 1 saturated heterocycles. The molecule has 0 radical (unpaired) electrons. The third-order valence-electron chi connectivity index (χ3n) is 6.01. The Labute approximate surface area is 167 Å². The summed E-state index contributed by atoms with van der Waals surface area (Å²) in [4.78, 5) is 19.7. The minimum absolute atomic E-state index is 0.129. The van der Waals surface area contributed by atoms with Crippen LogP contribution in [0.1, 0.15) is 65.7 Å². The molecule has 1 aliphatic heterocycles. The van der Waals surface area contributed by atoms with Crippen LogP contribution in [0.15, 0.2) is 18.2 Å². The Morgan fingerprint density at radius 2 is 2.07 bits per heavy atom. The second-order valence-corrected chi connectivity index (χ2v) is 8.03. The summed E-state index contributed by atoms with van der Waals surface area (Å²) in [5.74, 6) is 0.129. The van der Waals surface area contributed by atoms with Crippen molar-refractivity contribution >= 4 is 5.91 Å². The molecule has 28 heavy (non-hydrogen) atoms. The summed E-state index contributed by atoms with van der Waals surface area (Å²) in [5, 5.41) is 8.39. The van der Waals surface area contributed by atoms with Crippen molar-refractivity contribution in [1.82, 2.24) is 25.0 Å². The van der Waals surface area contributed by atoms with Crippen LogP contribution in [0.4, 0.5) is 0 Å². The van der Waals surface area contributed by atoms with Gasteiger partial charge in [-0.15, -0.1) is 0 Å². The number of rotatable bonds is 5. The Hall–Kier alpha value is -2.21. The molecule has 1 unspecified atom stereocenters. The van der Waals surface area contributed by atoms with Gasteiger partial charge in [0.05, 0.1) is 5.69 Å². The lowest BCUT2D eigenvalue weighted by Gasteiger charge is -2.27. The summed E-state index contributed by atoms with van der Waals surface area (Å²) >= 11 is 0. The van der Waals surface area contributed by atoms with Gasteiger partial charge in [-0.3, -0.25) is 14.5 Å². The van der Waals surface area contributed by atoms with Crippen molar-refractivity contribution < 1.29 is 4.79 Å². The van der Waals surface area contributed by atoms with E-state index in [-0.39, 0.29) is 5.91 Å². The average molecular weight is 382 g/mol. The van der Waals surface area contributed by atoms with Gasteiger partial charge in [0.2, 0.25) is 0 Å². The Morgan fingerprint density at radius 1 is 1.25 bits per heavy atom. The van der Waals surface area contributed by atoms with Crippen LogP contribution < -0.4 is 5.32 Å². The van der Waals surface area contributed by atoms with Crippen LogP contribution in [0.2, 0.25) is 0 Å². The third kappa shape index (κ3) is 3.97. The minimum atomic E-state index is 0.129. The van der Waals surface area contributed by atoms with E-state index in [1.807, 2.05) is 22.6 Å². The lowest BCUT2D eigenvalue weighted by Crippen LogP contribution is -2.38. The second-order valence-electron chi connectivity index (χ2n) is 8.03. The zero-order valence-corrected chi connectivity index (χ0v) is 17.1. The van der Waals surface area contributed by atoms with Crippen molar-refractivity contribution in [3.05, 3.63) is 46.5 Å². The molecule has 2 aromatic heterocycles. The maximum absolute atomic E-state index is 13.1. The largest absolute Gasteiger partial charge is 0.337 e. The van der Waals surface area contributed by atoms with Crippen LogP contribution in [0.5, 0.6) is 0 Å². The van der Waals surface area contributed by atoms with Gasteiger partial charge in [-0.2, -0.15) is 5.10 Å². The molecule has 2 aromatic rings. The molecule has 150 valence electrons. The minimum Gasteiger partial charge on any atom is -0.337 e. The van der Waals surface area contributed by atoms with Crippen molar-refractivity contribution in [2.24, 2.45) is 0 Å². The number of nitrogens with one attached hydrogen (secondary N) is 1. The number of hydrogen-bond acceptors (Lipinski definition) is 4. The molecule has 1 aliphatic carbocycles. The van der Waals surface area contributed by atoms with Gasteiger partial charge >= 0.3 is 0 Å². The number of amides is 1. The molecule has 0 spiro atoms. The molecule has 4 rings (SSSR count). The molecule has 0 aromatic carbocycles. The summed E-state index contributed by atoms with van der Waals surface area (Å²) in [6.45, 7) is 7.45. The van der Waals surface area contributed by atoms with E-state index in [2.05, 4.69) is 29.4 Å². The Kier molecular flexibility index (Phi) is 5.76. The maximum atomic E-state index is 13.1. The average Bonchev–Trinajstić information content (AvgIpc) is 3.10. The van der Waals surface area contributed by atoms with Crippen LogP contribution in [0.3, 0.4) is 0 Å². The quantitative estimate of drug-likeness (QED) is 0.865. The molecule has 2 aliphatic rings.